The Balaban J connectivity index is 0.934. The molecular weight excluding hydrogens is 1070 g/mol. The van der Waals surface area contributed by atoms with Crippen molar-refractivity contribution in [2.75, 3.05) is 35.2 Å². The maximum atomic E-state index is 2.36. The first-order valence-electron chi connectivity index (χ1n) is 19.0. The normalized spacial score (nSPS) is 18.9. The van der Waals surface area contributed by atoms with Crippen LogP contribution >= 0.6 is 188 Å². The molecule has 5 aliphatic rings. The maximum absolute atomic E-state index is 2.36. The van der Waals surface area contributed by atoms with Gasteiger partial charge in [-0.1, -0.05) is 191 Å². The van der Waals surface area contributed by atoms with E-state index >= 15 is 0 Å². The van der Waals surface area contributed by atoms with Crippen LogP contribution in [0.4, 0.5) is 0 Å². The zero-order chi connectivity index (χ0) is 41.9. The Morgan fingerprint density at radius 2 is 0.468 bits per heavy atom. The molecule has 62 heavy (non-hydrogen) atoms. The summed E-state index contributed by atoms with van der Waals surface area (Å²) in [6, 6.07) is 36.6. The Kier molecular flexibility index (Phi) is 14.3. The van der Waals surface area contributed by atoms with Gasteiger partial charge in [0.1, 0.15) is 0 Å². The van der Waals surface area contributed by atoms with Crippen LogP contribution in [0.1, 0.15) is 0 Å². The van der Waals surface area contributed by atoms with Gasteiger partial charge in [0.05, 0.1) is 50.8 Å². The monoisotopic (exact) mass is 1100 g/mol. The lowest BCUT2D eigenvalue weighted by Crippen LogP contribution is -2.16. The Labute approximate surface area is 429 Å². The van der Waals surface area contributed by atoms with E-state index in [1.165, 1.54) is 115 Å². The summed E-state index contributed by atoms with van der Waals surface area (Å²) in [7, 11) is 0. The van der Waals surface area contributed by atoms with E-state index in [0.717, 1.165) is 10.2 Å². The van der Waals surface area contributed by atoms with Gasteiger partial charge in [0.15, 0.2) is 0 Å². The highest BCUT2D eigenvalue weighted by Gasteiger charge is 2.30. The number of hydrogen-bond donors (Lipinski definition) is 0. The Bertz CT molecular complexity index is 2890. The van der Waals surface area contributed by atoms with E-state index in [0.29, 0.717) is 0 Å². The van der Waals surface area contributed by atoms with Crippen molar-refractivity contribution < 1.29 is 0 Å². The molecule has 5 aliphatic heterocycles. The van der Waals surface area contributed by atoms with E-state index in [4.69, 9.17) is 0 Å². The van der Waals surface area contributed by atoms with Gasteiger partial charge in [-0.15, -0.1) is 94.1 Å². The number of thioether (sulfide) groups is 16. The third-order valence-corrected chi connectivity index (χ3v) is 32.1. The topological polar surface area (TPSA) is 0 Å². The molecular formula is C46H32S16. The van der Waals surface area contributed by atoms with Gasteiger partial charge in [-0.05, 0) is 68.1 Å². The molecule has 0 unspecified atom stereocenters. The van der Waals surface area contributed by atoms with Crippen molar-refractivity contribution in [1.29, 1.82) is 0 Å². The quantitative estimate of drug-likeness (QED) is 0.154. The standard InChI is InChI=1S/C46H32S16/c1-47-39-40(48-2)56-35(55-39)31-23-13-5-9-17-27(23)33(28-18-10-6-14-24(28)31)37-59-43-44(60-37)52-22-54-46-45(53-21-51-43)61-38(62-46)34-29-19-11-7-15-25(29)32(26-16-8-12-20-30(26)34)36-57-41(49-3)42(50-4)58-36/h5-20H,21-22H2,1-4H3. The molecule has 0 N–H and O–H groups in total. The summed E-state index contributed by atoms with van der Waals surface area (Å²) < 4.78 is 17.1. The van der Waals surface area contributed by atoms with Gasteiger partial charge >= 0.3 is 0 Å². The zero-order valence-corrected chi connectivity index (χ0v) is 46.2. The minimum atomic E-state index is 0.992. The van der Waals surface area contributed by atoms with Crippen molar-refractivity contribution >= 4 is 248 Å². The first kappa shape index (κ1) is 44.9. The van der Waals surface area contributed by atoms with E-state index in [1.54, 1.807) is 0 Å². The molecule has 16 heteroatoms. The Hall–Kier alpha value is 0.400. The number of fused-ring (bicyclic) bond motifs is 4. The molecule has 312 valence electrons. The van der Waals surface area contributed by atoms with Crippen LogP contribution in [0.2, 0.25) is 0 Å². The fraction of sp³-hybridized carbons (Fsp3) is 0.130. The molecule has 0 bridgehead atoms. The van der Waals surface area contributed by atoms with E-state index < -0.39 is 0 Å². The summed E-state index contributed by atoms with van der Waals surface area (Å²) in [4.78, 5) is 0. The molecule has 6 aromatic rings. The minimum absolute atomic E-state index is 0.992. The maximum Gasteiger partial charge on any atom is 0.0668 e. The fourth-order valence-corrected chi connectivity index (χ4v) is 31.0. The summed E-state index contributed by atoms with van der Waals surface area (Å²) in [5, 5.41) is 18.4. The summed E-state index contributed by atoms with van der Waals surface area (Å²) in [6.45, 7) is 0. The molecule has 0 radical (unpaired) electrons. The minimum Gasteiger partial charge on any atom is -0.121 e. The zero-order valence-electron chi connectivity index (χ0n) is 33.2. The van der Waals surface area contributed by atoms with Crippen LogP contribution in [0.15, 0.2) is 131 Å². The highest BCUT2D eigenvalue weighted by Crippen LogP contribution is 2.64. The van der Waals surface area contributed by atoms with Crippen LogP contribution in [0, 0.1) is 0 Å². The Morgan fingerprint density at radius 1 is 0.274 bits per heavy atom. The molecule has 5 heterocycles. The lowest BCUT2D eigenvalue weighted by Gasteiger charge is -2.11. The summed E-state index contributed by atoms with van der Waals surface area (Å²) in [5.41, 5.74) is 0. The van der Waals surface area contributed by atoms with E-state index in [1.807, 2.05) is 188 Å². The van der Waals surface area contributed by atoms with Crippen LogP contribution in [0.25, 0.3) is 60.0 Å². The van der Waals surface area contributed by atoms with Crippen molar-refractivity contribution in [1.82, 2.24) is 0 Å². The van der Waals surface area contributed by atoms with Gasteiger partial charge in [-0.25, -0.2) is 0 Å². The molecule has 0 saturated carbocycles. The summed E-state index contributed by atoms with van der Waals surface area (Å²) in [6.07, 6.45) is 8.82. The lowest BCUT2D eigenvalue weighted by atomic mass is 9.99. The number of rotatable bonds is 4. The van der Waals surface area contributed by atoms with Crippen LogP contribution < -0.4 is 20.9 Å². The van der Waals surface area contributed by atoms with Crippen molar-refractivity contribution in [2.24, 2.45) is 0 Å². The van der Waals surface area contributed by atoms with Gasteiger partial charge in [-0.3, -0.25) is 0 Å². The second-order valence-electron chi connectivity index (χ2n) is 13.6. The van der Waals surface area contributed by atoms with Gasteiger partial charge in [0, 0.05) is 31.0 Å². The summed E-state index contributed by atoms with van der Waals surface area (Å²) in [5.74, 6) is 0. The van der Waals surface area contributed by atoms with Gasteiger partial charge in [0.25, 0.3) is 0 Å². The predicted octanol–water partition coefficient (Wildman–Crippen LogP) is 17.0. The highest BCUT2D eigenvalue weighted by atomic mass is 32.3. The average molecular weight is 1100 g/mol. The second-order valence-corrected chi connectivity index (χ2v) is 32.8. The molecule has 0 spiro atoms. The van der Waals surface area contributed by atoms with Crippen LogP contribution in [0.5, 0.6) is 0 Å². The Morgan fingerprint density at radius 3 is 0.661 bits per heavy atom. The smallest absolute Gasteiger partial charge is 0.0668 e. The molecule has 0 aliphatic carbocycles. The molecule has 0 nitrogen and oxygen atoms in total. The molecule has 0 saturated heterocycles. The van der Waals surface area contributed by atoms with Crippen molar-refractivity contribution in [2.45, 2.75) is 0 Å². The van der Waals surface area contributed by atoms with Crippen molar-refractivity contribution in [3.8, 4) is 0 Å². The van der Waals surface area contributed by atoms with Gasteiger partial charge < -0.3 is 0 Å². The fourth-order valence-electron chi connectivity index (χ4n) is 7.76. The van der Waals surface area contributed by atoms with Gasteiger partial charge in [0.2, 0.25) is 0 Å². The largest absolute Gasteiger partial charge is 0.121 e. The molecule has 0 aromatic heterocycles. The predicted molar refractivity (Wildman–Crippen MR) is 318 cm³/mol. The second kappa shape index (κ2) is 19.8. The van der Waals surface area contributed by atoms with Crippen molar-refractivity contribution in [3.05, 3.63) is 152 Å². The first-order chi connectivity index (χ1) is 30.6. The molecule has 11 rings (SSSR count). The number of benzene rings is 6. The van der Waals surface area contributed by atoms with Crippen LogP contribution in [-0.2, 0) is 0 Å². The molecule has 6 aromatic carbocycles. The lowest BCUT2D eigenvalue weighted by molar-refractivity contribution is 1.69. The SMILES string of the molecule is CSC1=C(SC)SC(=c2c3ccccc3c(=C3SC4=C(SCSC5=C(SCS4)SC(=c4c6ccccc6c(=C6SC(SC)=C(SC)S6)c6ccccc46)S5)S3)c3ccccc23)S1. The van der Waals surface area contributed by atoms with Crippen LogP contribution in [-0.4, -0.2) is 35.2 Å². The van der Waals surface area contributed by atoms with Crippen LogP contribution in [0.3, 0.4) is 0 Å². The van der Waals surface area contributed by atoms with E-state index in [9.17, 15) is 0 Å². The third-order valence-electron chi connectivity index (χ3n) is 10.3. The van der Waals surface area contributed by atoms with E-state index in [2.05, 4.69) is 122 Å². The first-order valence-corrected chi connectivity index (χ1v) is 34.4. The van der Waals surface area contributed by atoms with E-state index in [-0.39, 0.29) is 0 Å². The number of hydrogen-bond acceptors (Lipinski definition) is 16. The third kappa shape index (κ3) is 8.28. The highest BCUT2D eigenvalue weighted by molar-refractivity contribution is 8.51. The molecule has 0 amide bonds. The molecule has 0 fully saturated rings. The summed E-state index contributed by atoms with van der Waals surface area (Å²) >= 11 is 31.4. The molecule has 0 atom stereocenters. The van der Waals surface area contributed by atoms with Crippen molar-refractivity contribution in [3.63, 3.8) is 0 Å². The average Bonchev–Trinajstić information content (AvgIpc) is 4.12. The van der Waals surface area contributed by atoms with Gasteiger partial charge in [-0.2, -0.15) is 0 Å².